The summed E-state index contributed by atoms with van der Waals surface area (Å²) in [6, 6.07) is 32.1. The minimum Gasteiger partial charge on any atom is -0.248 e. The van der Waals surface area contributed by atoms with Crippen LogP contribution in [-0.4, -0.2) is 4.98 Å². The van der Waals surface area contributed by atoms with Gasteiger partial charge in [0.2, 0.25) is 6.33 Å². The average Bonchev–Trinajstić information content (AvgIpc) is 3.12. The largest absolute Gasteiger partial charge is 0.248 e. The molecule has 0 aliphatic rings. The van der Waals surface area contributed by atoms with Crippen LogP contribution in [0.5, 0.6) is 0 Å². The Morgan fingerprint density at radius 3 is 1.36 bits per heavy atom. The van der Waals surface area contributed by atoms with Crippen LogP contribution in [0.1, 0.15) is 22.4 Å². The van der Waals surface area contributed by atoms with E-state index in [1.54, 1.807) is 0 Å². The molecular formula is C23H21N2+. The van der Waals surface area contributed by atoms with Gasteiger partial charge in [-0.05, 0) is 0 Å². The van der Waals surface area contributed by atoms with Crippen molar-refractivity contribution in [3.63, 3.8) is 0 Å². The maximum atomic E-state index is 3.35. The predicted molar refractivity (Wildman–Crippen MR) is 100 cm³/mol. The minimum atomic E-state index is -0.422. The Balaban J connectivity index is 2.12. The second-order valence-corrected chi connectivity index (χ2v) is 6.30. The summed E-state index contributed by atoms with van der Waals surface area (Å²) < 4.78 is 2.28. The van der Waals surface area contributed by atoms with Crippen molar-refractivity contribution in [2.45, 2.75) is 12.5 Å². The number of rotatable bonds is 4. The molecule has 3 aromatic carbocycles. The molecule has 0 atom stereocenters. The second-order valence-electron chi connectivity index (χ2n) is 6.30. The number of nitrogens with zero attached hydrogens (tertiary/aromatic N) is 1. The van der Waals surface area contributed by atoms with Gasteiger partial charge in [-0.25, -0.2) is 9.55 Å². The SMILES string of the molecule is Cc1c[n+](C(c2ccccc2)(c2ccccc2)c2ccccc2)c[nH]1. The van der Waals surface area contributed by atoms with Crippen molar-refractivity contribution < 1.29 is 4.57 Å². The van der Waals surface area contributed by atoms with Crippen LogP contribution in [0.3, 0.4) is 0 Å². The van der Waals surface area contributed by atoms with Gasteiger partial charge in [-0.2, -0.15) is 0 Å². The molecule has 122 valence electrons. The zero-order valence-corrected chi connectivity index (χ0v) is 14.3. The van der Waals surface area contributed by atoms with E-state index < -0.39 is 5.54 Å². The smallest absolute Gasteiger partial charge is 0.243 e. The molecule has 0 fully saturated rings. The van der Waals surface area contributed by atoms with E-state index >= 15 is 0 Å². The van der Waals surface area contributed by atoms with Crippen LogP contribution in [-0.2, 0) is 5.54 Å². The van der Waals surface area contributed by atoms with Crippen molar-refractivity contribution in [3.8, 4) is 0 Å². The summed E-state index contributed by atoms with van der Waals surface area (Å²) in [5, 5.41) is 0. The highest BCUT2D eigenvalue weighted by molar-refractivity contribution is 5.46. The van der Waals surface area contributed by atoms with Crippen LogP contribution in [0, 0.1) is 6.92 Å². The Labute approximate surface area is 148 Å². The molecule has 0 unspecified atom stereocenters. The lowest BCUT2D eigenvalue weighted by molar-refractivity contribution is -0.733. The summed E-state index contributed by atoms with van der Waals surface area (Å²) >= 11 is 0. The van der Waals surface area contributed by atoms with Crippen molar-refractivity contribution in [3.05, 3.63) is 126 Å². The summed E-state index contributed by atoms with van der Waals surface area (Å²) in [4.78, 5) is 3.35. The van der Waals surface area contributed by atoms with E-state index in [4.69, 9.17) is 0 Å². The molecule has 1 aromatic heterocycles. The molecule has 2 nitrogen and oxygen atoms in total. The summed E-state index contributed by atoms with van der Waals surface area (Å²) in [7, 11) is 0. The van der Waals surface area contributed by atoms with Crippen LogP contribution in [0.25, 0.3) is 0 Å². The Morgan fingerprint density at radius 2 is 1.04 bits per heavy atom. The molecule has 0 aliphatic heterocycles. The van der Waals surface area contributed by atoms with E-state index in [1.165, 1.54) is 16.7 Å². The fourth-order valence-electron chi connectivity index (χ4n) is 3.63. The molecule has 0 amide bonds. The molecular weight excluding hydrogens is 304 g/mol. The molecule has 0 radical (unpaired) electrons. The lowest BCUT2D eigenvalue weighted by Crippen LogP contribution is -2.57. The van der Waals surface area contributed by atoms with Crippen molar-refractivity contribution >= 4 is 0 Å². The highest BCUT2D eigenvalue weighted by Gasteiger charge is 2.42. The first-order chi connectivity index (χ1) is 12.3. The highest BCUT2D eigenvalue weighted by Crippen LogP contribution is 2.36. The van der Waals surface area contributed by atoms with Crippen LogP contribution in [0.2, 0.25) is 0 Å². The number of benzene rings is 3. The van der Waals surface area contributed by atoms with Crippen molar-refractivity contribution in [1.29, 1.82) is 0 Å². The zero-order valence-electron chi connectivity index (χ0n) is 14.3. The number of aromatic nitrogens is 2. The normalized spacial score (nSPS) is 11.4. The van der Waals surface area contributed by atoms with E-state index in [9.17, 15) is 0 Å². The second kappa shape index (κ2) is 6.40. The third-order valence-electron chi connectivity index (χ3n) is 4.73. The Morgan fingerprint density at radius 1 is 0.640 bits per heavy atom. The predicted octanol–water partition coefficient (Wildman–Crippen LogP) is 4.45. The zero-order chi connectivity index (χ0) is 17.1. The molecule has 0 spiro atoms. The fourth-order valence-corrected chi connectivity index (χ4v) is 3.63. The van der Waals surface area contributed by atoms with Gasteiger partial charge in [-0.3, -0.25) is 0 Å². The molecule has 0 bridgehead atoms. The molecule has 0 saturated heterocycles. The summed E-state index contributed by atoms with van der Waals surface area (Å²) in [6.45, 7) is 2.09. The summed E-state index contributed by atoms with van der Waals surface area (Å²) in [5.41, 5.74) is 4.41. The van der Waals surface area contributed by atoms with Gasteiger partial charge in [0.05, 0.1) is 0 Å². The van der Waals surface area contributed by atoms with Gasteiger partial charge in [0.1, 0.15) is 11.9 Å². The Bertz CT molecular complexity index is 844. The summed E-state index contributed by atoms with van der Waals surface area (Å²) in [5.74, 6) is 0. The van der Waals surface area contributed by atoms with Crippen LogP contribution in [0.4, 0.5) is 0 Å². The molecule has 0 saturated carbocycles. The molecule has 1 N–H and O–H groups in total. The van der Waals surface area contributed by atoms with E-state index in [0.717, 1.165) is 5.69 Å². The van der Waals surface area contributed by atoms with Crippen LogP contribution >= 0.6 is 0 Å². The number of H-pyrrole nitrogens is 1. The topological polar surface area (TPSA) is 19.7 Å². The van der Waals surface area contributed by atoms with Crippen LogP contribution in [0.15, 0.2) is 104 Å². The van der Waals surface area contributed by atoms with Crippen molar-refractivity contribution in [2.75, 3.05) is 0 Å². The maximum absolute atomic E-state index is 3.35. The quantitative estimate of drug-likeness (QED) is 0.422. The van der Waals surface area contributed by atoms with Gasteiger partial charge < -0.3 is 0 Å². The molecule has 4 aromatic rings. The number of imidazole rings is 1. The standard InChI is InChI=1S/C23H20N2/c1-19-17-25(18-24-19)23(20-11-5-2-6-12-20,21-13-7-3-8-14-21)22-15-9-4-10-16-22/h2-18H,1H3/p+1. The van der Waals surface area contributed by atoms with Gasteiger partial charge >= 0.3 is 0 Å². The average molecular weight is 325 g/mol. The number of hydrogen-bond donors (Lipinski definition) is 1. The first kappa shape index (κ1) is 15.4. The molecule has 4 rings (SSSR count). The van der Waals surface area contributed by atoms with E-state index in [-0.39, 0.29) is 0 Å². The van der Waals surface area contributed by atoms with Crippen LogP contribution < -0.4 is 4.57 Å². The third-order valence-corrected chi connectivity index (χ3v) is 4.73. The molecule has 25 heavy (non-hydrogen) atoms. The third kappa shape index (κ3) is 2.56. The van der Waals surface area contributed by atoms with Gasteiger partial charge in [0.15, 0.2) is 5.54 Å². The van der Waals surface area contributed by atoms with Gasteiger partial charge in [-0.15, -0.1) is 0 Å². The number of aromatic amines is 1. The van der Waals surface area contributed by atoms with Gasteiger partial charge in [0, 0.05) is 23.6 Å². The summed E-state index contributed by atoms with van der Waals surface area (Å²) in [6.07, 6.45) is 4.23. The Hall–Kier alpha value is -3.13. The maximum Gasteiger partial charge on any atom is 0.243 e. The molecule has 0 aliphatic carbocycles. The highest BCUT2D eigenvalue weighted by atomic mass is 15.1. The lowest BCUT2D eigenvalue weighted by Gasteiger charge is -2.32. The van der Waals surface area contributed by atoms with E-state index in [2.05, 4.69) is 120 Å². The molecule has 1 heterocycles. The van der Waals surface area contributed by atoms with Crippen molar-refractivity contribution in [2.24, 2.45) is 0 Å². The fraction of sp³-hybridized carbons (Fsp3) is 0.0870. The van der Waals surface area contributed by atoms with E-state index in [1.807, 2.05) is 0 Å². The first-order valence-corrected chi connectivity index (χ1v) is 8.55. The lowest BCUT2D eigenvalue weighted by atomic mass is 9.77. The van der Waals surface area contributed by atoms with E-state index in [0.29, 0.717) is 0 Å². The Kier molecular flexibility index (Phi) is 3.95. The van der Waals surface area contributed by atoms with Gasteiger partial charge in [-0.1, -0.05) is 91.0 Å². The number of aryl methyl sites for hydroxylation is 1. The number of hydrogen-bond acceptors (Lipinski definition) is 0. The molecule has 2 heteroatoms. The number of nitrogens with one attached hydrogen (secondary N) is 1. The first-order valence-electron chi connectivity index (χ1n) is 8.55. The minimum absolute atomic E-state index is 0.422. The van der Waals surface area contributed by atoms with Gasteiger partial charge in [0.25, 0.3) is 0 Å². The van der Waals surface area contributed by atoms with Crippen molar-refractivity contribution in [1.82, 2.24) is 4.98 Å². The monoisotopic (exact) mass is 325 g/mol.